The van der Waals surface area contributed by atoms with Gasteiger partial charge in [0.05, 0.1) is 5.52 Å². The largest absolute Gasteiger partial charge is 0.352 e. The number of hydrogen-bond donors (Lipinski definition) is 1. The summed E-state index contributed by atoms with van der Waals surface area (Å²) in [4.78, 5) is 28.1. The molecule has 2 aromatic heterocycles. The van der Waals surface area contributed by atoms with Crippen LogP contribution in [-0.2, 0) is 11.3 Å². The third-order valence-corrected chi connectivity index (χ3v) is 3.65. The molecule has 0 bridgehead atoms. The Morgan fingerprint density at radius 3 is 2.74 bits per heavy atom. The zero-order valence-corrected chi connectivity index (χ0v) is 12.6. The summed E-state index contributed by atoms with van der Waals surface area (Å²) in [7, 11) is 0. The van der Waals surface area contributed by atoms with E-state index < -0.39 is 0 Å². The van der Waals surface area contributed by atoms with Gasteiger partial charge >= 0.3 is 0 Å². The highest BCUT2D eigenvalue weighted by Gasteiger charge is 2.11. The van der Waals surface area contributed by atoms with E-state index in [4.69, 9.17) is 0 Å². The summed E-state index contributed by atoms with van der Waals surface area (Å²) < 4.78 is 1.60. The van der Waals surface area contributed by atoms with Crippen LogP contribution in [0.25, 0.3) is 10.9 Å². The maximum atomic E-state index is 12.3. The number of pyridine rings is 1. The number of nitrogens with zero attached hydrogens (tertiary/aromatic N) is 2. The number of para-hydroxylation sites is 1. The summed E-state index contributed by atoms with van der Waals surface area (Å²) in [6, 6.07) is 13.3. The first-order valence-corrected chi connectivity index (χ1v) is 7.49. The van der Waals surface area contributed by atoms with Crippen LogP contribution in [0.5, 0.6) is 0 Å². The monoisotopic (exact) mass is 307 g/mol. The molecule has 5 heteroatoms. The Balaban J connectivity index is 1.53. The molecule has 0 fully saturated rings. The van der Waals surface area contributed by atoms with Crippen LogP contribution in [0, 0.1) is 0 Å². The summed E-state index contributed by atoms with van der Waals surface area (Å²) >= 11 is 0. The number of hydrogen-bond acceptors (Lipinski definition) is 3. The van der Waals surface area contributed by atoms with Crippen molar-refractivity contribution >= 4 is 22.7 Å². The molecule has 0 unspecified atom stereocenters. The van der Waals surface area contributed by atoms with E-state index in [-0.39, 0.29) is 24.7 Å². The zero-order valence-electron chi connectivity index (χ0n) is 12.6. The Hall–Kier alpha value is -2.95. The van der Waals surface area contributed by atoms with Crippen molar-refractivity contribution in [2.45, 2.75) is 19.4 Å². The number of aromatic nitrogens is 2. The highest BCUT2D eigenvalue weighted by atomic mass is 16.2. The van der Waals surface area contributed by atoms with E-state index in [1.54, 1.807) is 23.2 Å². The van der Waals surface area contributed by atoms with E-state index in [0.29, 0.717) is 6.54 Å². The molecule has 1 N–H and O–H groups in total. The lowest BCUT2D eigenvalue weighted by atomic mass is 10.2. The Labute approximate surface area is 134 Å². The van der Waals surface area contributed by atoms with Crippen molar-refractivity contribution in [1.82, 2.24) is 14.9 Å². The fraction of sp³-hybridized carbons (Fsp3) is 0.167. The number of fused-ring (bicyclic) bond motifs is 1. The molecule has 3 aromatic rings. The lowest BCUT2D eigenvalue weighted by Gasteiger charge is -2.06. The van der Waals surface area contributed by atoms with Gasteiger partial charge in [-0.1, -0.05) is 24.3 Å². The summed E-state index contributed by atoms with van der Waals surface area (Å²) in [5.74, 6) is -0.221. The van der Waals surface area contributed by atoms with E-state index in [1.165, 1.54) is 0 Å². The van der Waals surface area contributed by atoms with E-state index in [2.05, 4.69) is 10.3 Å². The molecular formula is C18H17N3O2. The van der Waals surface area contributed by atoms with Crippen LogP contribution in [0.15, 0.2) is 61.1 Å². The number of benzene rings is 1. The summed E-state index contributed by atoms with van der Waals surface area (Å²) in [6.45, 7) is 0.424. The fourth-order valence-electron chi connectivity index (χ4n) is 2.43. The van der Waals surface area contributed by atoms with Crippen LogP contribution in [0.1, 0.15) is 23.2 Å². The van der Waals surface area contributed by atoms with Crippen LogP contribution in [0.2, 0.25) is 0 Å². The van der Waals surface area contributed by atoms with Crippen molar-refractivity contribution in [1.29, 1.82) is 0 Å². The van der Waals surface area contributed by atoms with Crippen molar-refractivity contribution < 1.29 is 9.59 Å². The van der Waals surface area contributed by atoms with Crippen LogP contribution in [0.4, 0.5) is 0 Å². The first kappa shape index (κ1) is 15.0. The predicted molar refractivity (Wildman–Crippen MR) is 87.9 cm³/mol. The van der Waals surface area contributed by atoms with Crippen molar-refractivity contribution in [3.63, 3.8) is 0 Å². The quantitative estimate of drug-likeness (QED) is 0.788. The minimum atomic E-state index is -0.140. The summed E-state index contributed by atoms with van der Waals surface area (Å²) in [5, 5.41) is 3.81. The minimum Gasteiger partial charge on any atom is -0.352 e. The Morgan fingerprint density at radius 2 is 1.91 bits per heavy atom. The second kappa shape index (κ2) is 6.87. The third-order valence-electron chi connectivity index (χ3n) is 3.65. The fourth-order valence-corrected chi connectivity index (χ4v) is 2.43. The molecule has 2 heterocycles. The zero-order chi connectivity index (χ0) is 16.1. The van der Waals surface area contributed by atoms with Crippen molar-refractivity contribution in [2.75, 3.05) is 0 Å². The number of rotatable bonds is 5. The molecule has 23 heavy (non-hydrogen) atoms. The molecule has 0 saturated carbocycles. The molecule has 0 saturated heterocycles. The lowest BCUT2D eigenvalue weighted by molar-refractivity contribution is -0.121. The van der Waals surface area contributed by atoms with Crippen LogP contribution in [-0.4, -0.2) is 21.4 Å². The van der Waals surface area contributed by atoms with E-state index >= 15 is 0 Å². The maximum absolute atomic E-state index is 12.3. The van der Waals surface area contributed by atoms with Gasteiger partial charge in [-0.15, -0.1) is 0 Å². The smallest absolute Gasteiger partial charge is 0.231 e. The van der Waals surface area contributed by atoms with E-state index in [0.717, 1.165) is 16.5 Å². The maximum Gasteiger partial charge on any atom is 0.231 e. The van der Waals surface area contributed by atoms with Gasteiger partial charge in [-0.2, -0.15) is 0 Å². The van der Waals surface area contributed by atoms with Gasteiger partial charge in [0, 0.05) is 43.4 Å². The second-order valence-electron chi connectivity index (χ2n) is 5.28. The van der Waals surface area contributed by atoms with Gasteiger partial charge in [-0.05, 0) is 23.8 Å². The normalized spacial score (nSPS) is 10.6. The molecule has 0 radical (unpaired) electrons. The van der Waals surface area contributed by atoms with E-state index in [9.17, 15) is 9.59 Å². The molecule has 5 nitrogen and oxygen atoms in total. The number of amides is 1. The SMILES string of the molecule is O=C(CCC(=O)n1ccc2ccccc21)NCc1cccnc1. The molecule has 1 aromatic carbocycles. The first-order chi connectivity index (χ1) is 11.2. The highest BCUT2D eigenvalue weighted by molar-refractivity contribution is 5.93. The van der Waals surface area contributed by atoms with Gasteiger partial charge in [-0.25, -0.2) is 0 Å². The van der Waals surface area contributed by atoms with E-state index in [1.807, 2.05) is 42.5 Å². The van der Waals surface area contributed by atoms with Crippen molar-refractivity contribution in [2.24, 2.45) is 0 Å². The predicted octanol–water partition coefficient (Wildman–Crippen LogP) is 2.77. The Morgan fingerprint density at radius 1 is 1.04 bits per heavy atom. The van der Waals surface area contributed by atoms with Gasteiger partial charge in [-0.3, -0.25) is 19.1 Å². The van der Waals surface area contributed by atoms with Gasteiger partial charge in [0.25, 0.3) is 0 Å². The number of nitrogens with one attached hydrogen (secondary N) is 1. The Kier molecular flexibility index (Phi) is 4.47. The highest BCUT2D eigenvalue weighted by Crippen LogP contribution is 2.15. The first-order valence-electron chi connectivity index (χ1n) is 7.49. The van der Waals surface area contributed by atoms with Crippen molar-refractivity contribution in [3.05, 3.63) is 66.6 Å². The molecule has 0 aliphatic rings. The number of carbonyl (C=O) groups excluding carboxylic acids is 2. The van der Waals surface area contributed by atoms with Crippen LogP contribution >= 0.6 is 0 Å². The Bertz CT molecular complexity index is 824. The summed E-state index contributed by atoms with van der Waals surface area (Å²) in [6.07, 6.45) is 5.49. The van der Waals surface area contributed by atoms with Crippen LogP contribution < -0.4 is 5.32 Å². The average Bonchev–Trinajstić information content (AvgIpc) is 3.03. The molecule has 0 spiro atoms. The molecule has 0 aliphatic heterocycles. The molecular weight excluding hydrogens is 290 g/mol. The molecule has 0 aliphatic carbocycles. The molecule has 3 rings (SSSR count). The standard InChI is InChI=1S/C18H17N3O2/c22-17(20-13-14-4-3-10-19-12-14)7-8-18(23)21-11-9-15-5-1-2-6-16(15)21/h1-6,9-12H,7-8,13H2,(H,20,22). The molecule has 1 amide bonds. The molecule has 0 atom stereocenters. The molecule has 116 valence electrons. The summed E-state index contributed by atoms with van der Waals surface area (Å²) in [5.41, 5.74) is 1.80. The number of carbonyl (C=O) groups is 2. The van der Waals surface area contributed by atoms with Crippen LogP contribution in [0.3, 0.4) is 0 Å². The van der Waals surface area contributed by atoms with Gasteiger partial charge in [0.2, 0.25) is 11.8 Å². The van der Waals surface area contributed by atoms with Gasteiger partial charge in [0.15, 0.2) is 0 Å². The second-order valence-corrected chi connectivity index (χ2v) is 5.28. The minimum absolute atomic E-state index is 0.0808. The average molecular weight is 307 g/mol. The van der Waals surface area contributed by atoms with Gasteiger partial charge in [0.1, 0.15) is 0 Å². The third kappa shape index (κ3) is 3.63. The lowest BCUT2D eigenvalue weighted by Crippen LogP contribution is -2.24. The topological polar surface area (TPSA) is 64.0 Å². The van der Waals surface area contributed by atoms with Crippen molar-refractivity contribution in [3.8, 4) is 0 Å². The van der Waals surface area contributed by atoms with Gasteiger partial charge < -0.3 is 5.32 Å².